The van der Waals surface area contributed by atoms with Crippen molar-refractivity contribution in [2.45, 2.75) is 50.6 Å². The van der Waals surface area contributed by atoms with Crippen molar-refractivity contribution in [2.75, 3.05) is 6.61 Å². The second-order valence-corrected chi connectivity index (χ2v) is 4.27. The summed E-state index contributed by atoms with van der Waals surface area (Å²) in [6.45, 7) is 0.323. The fourth-order valence-corrected chi connectivity index (χ4v) is 2.72. The first kappa shape index (κ1) is 8.52. The van der Waals surface area contributed by atoms with Crippen molar-refractivity contribution in [1.29, 1.82) is 0 Å². The topological polar surface area (TPSA) is 32.3 Å². The number of hydrogen-bond donors (Lipinski definition) is 2. The molecule has 2 rings (SSSR count). The molecule has 70 valence electrons. The first-order valence-electron chi connectivity index (χ1n) is 5.27. The maximum atomic E-state index is 9.02. The highest BCUT2D eigenvalue weighted by molar-refractivity contribution is 4.88. The lowest BCUT2D eigenvalue weighted by Gasteiger charge is -2.39. The summed E-state index contributed by atoms with van der Waals surface area (Å²) in [5, 5.41) is 12.6. The van der Waals surface area contributed by atoms with Gasteiger partial charge < -0.3 is 10.4 Å². The molecule has 1 saturated heterocycles. The maximum Gasteiger partial charge on any atom is 0.0584 e. The molecule has 3 atom stereocenters. The molecule has 0 spiro atoms. The van der Waals surface area contributed by atoms with Crippen LogP contribution in [-0.4, -0.2) is 23.8 Å². The zero-order valence-corrected chi connectivity index (χ0v) is 7.63. The van der Waals surface area contributed by atoms with Gasteiger partial charge in [0.1, 0.15) is 0 Å². The SMILES string of the molecule is OCC1CCC2CCCCC2N1. The smallest absolute Gasteiger partial charge is 0.0584 e. The fourth-order valence-electron chi connectivity index (χ4n) is 2.72. The van der Waals surface area contributed by atoms with Gasteiger partial charge in [-0.15, -0.1) is 0 Å². The number of aliphatic hydroxyl groups is 1. The average molecular weight is 169 g/mol. The molecule has 2 aliphatic rings. The Morgan fingerprint density at radius 2 is 1.92 bits per heavy atom. The van der Waals surface area contributed by atoms with Gasteiger partial charge in [0.2, 0.25) is 0 Å². The third-order valence-corrected chi connectivity index (χ3v) is 3.47. The summed E-state index contributed by atoms with van der Waals surface area (Å²) in [4.78, 5) is 0. The molecule has 2 heteroatoms. The van der Waals surface area contributed by atoms with E-state index in [1.54, 1.807) is 0 Å². The van der Waals surface area contributed by atoms with Crippen LogP contribution in [0.2, 0.25) is 0 Å². The number of nitrogens with one attached hydrogen (secondary N) is 1. The Balaban J connectivity index is 1.90. The van der Waals surface area contributed by atoms with Crippen LogP contribution in [-0.2, 0) is 0 Å². The predicted molar refractivity (Wildman–Crippen MR) is 49.0 cm³/mol. The minimum Gasteiger partial charge on any atom is -0.395 e. The quantitative estimate of drug-likeness (QED) is 0.620. The van der Waals surface area contributed by atoms with E-state index < -0.39 is 0 Å². The van der Waals surface area contributed by atoms with E-state index in [1.165, 1.54) is 38.5 Å². The molecule has 12 heavy (non-hydrogen) atoms. The summed E-state index contributed by atoms with van der Waals surface area (Å²) >= 11 is 0. The largest absolute Gasteiger partial charge is 0.395 e. The minimum atomic E-state index is 0.323. The molecular formula is C10H19NO. The average Bonchev–Trinajstić information content (AvgIpc) is 2.17. The van der Waals surface area contributed by atoms with Crippen LogP contribution in [0.25, 0.3) is 0 Å². The van der Waals surface area contributed by atoms with Crippen molar-refractivity contribution in [3.05, 3.63) is 0 Å². The monoisotopic (exact) mass is 169 g/mol. The Morgan fingerprint density at radius 3 is 2.75 bits per heavy atom. The van der Waals surface area contributed by atoms with Crippen molar-refractivity contribution in [3.8, 4) is 0 Å². The normalized spacial score (nSPS) is 42.2. The van der Waals surface area contributed by atoms with Gasteiger partial charge in [-0.1, -0.05) is 12.8 Å². The molecule has 2 N–H and O–H groups in total. The molecule has 1 aliphatic heterocycles. The van der Waals surface area contributed by atoms with Crippen LogP contribution >= 0.6 is 0 Å². The van der Waals surface area contributed by atoms with Crippen molar-refractivity contribution in [2.24, 2.45) is 5.92 Å². The van der Waals surface area contributed by atoms with E-state index in [2.05, 4.69) is 5.32 Å². The van der Waals surface area contributed by atoms with E-state index in [9.17, 15) is 0 Å². The lowest BCUT2D eigenvalue weighted by Crippen LogP contribution is -2.50. The first-order chi connectivity index (χ1) is 5.90. The van der Waals surface area contributed by atoms with Crippen molar-refractivity contribution in [1.82, 2.24) is 5.32 Å². The molecule has 0 radical (unpaired) electrons. The third-order valence-electron chi connectivity index (χ3n) is 3.47. The molecule has 0 aromatic heterocycles. The Bertz CT molecular complexity index is 149. The van der Waals surface area contributed by atoms with Gasteiger partial charge in [-0.25, -0.2) is 0 Å². The number of hydrogen-bond acceptors (Lipinski definition) is 2. The summed E-state index contributed by atoms with van der Waals surface area (Å²) in [7, 11) is 0. The van der Waals surface area contributed by atoms with Crippen LogP contribution in [0.3, 0.4) is 0 Å². The van der Waals surface area contributed by atoms with Crippen molar-refractivity contribution < 1.29 is 5.11 Å². The molecule has 2 nitrogen and oxygen atoms in total. The lowest BCUT2D eigenvalue weighted by atomic mass is 9.78. The first-order valence-corrected chi connectivity index (χ1v) is 5.27. The van der Waals surface area contributed by atoms with Gasteiger partial charge in [0.05, 0.1) is 6.61 Å². The highest BCUT2D eigenvalue weighted by Crippen LogP contribution is 2.31. The Kier molecular flexibility index (Phi) is 2.66. The van der Waals surface area contributed by atoms with Crippen LogP contribution in [0.4, 0.5) is 0 Å². The van der Waals surface area contributed by atoms with Crippen molar-refractivity contribution >= 4 is 0 Å². The highest BCUT2D eigenvalue weighted by atomic mass is 16.3. The molecule has 1 saturated carbocycles. The van der Waals surface area contributed by atoms with E-state index in [4.69, 9.17) is 5.11 Å². The molecular weight excluding hydrogens is 150 g/mol. The number of rotatable bonds is 1. The van der Waals surface area contributed by atoms with E-state index in [1.807, 2.05) is 0 Å². The summed E-state index contributed by atoms with van der Waals surface area (Å²) in [5.41, 5.74) is 0. The fraction of sp³-hybridized carbons (Fsp3) is 1.00. The van der Waals surface area contributed by atoms with Crippen molar-refractivity contribution in [3.63, 3.8) is 0 Å². The molecule has 1 aliphatic carbocycles. The summed E-state index contributed by atoms with van der Waals surface area (Å²) in [6, 6.07) is 1.12. The zero-order valence-electron chi connectivity index (χ0n) is 7.63. The standard InChI is InChI=1S/C10H19NO/c12-7-9-6-5-8-3-1-2-4-10(8)11-9/h8-12H,1-7H2. The van der Waals surface area contributed by atoms with Gasteiger partial charge in [-0.05, 0) is 31.6 Å². The van der Waals surface area contributed by atoms with Gasteiger partial charge in [0, 0.05) is 12.1 Å². The highest BCUT2D eigenvalue weighted by Gasteiger charge is 2.30. The second-order valence-electron chi connectivity index (χ2n) is 4.27. The Labute approximate surface area is 74.4 Å². The molecule has 0 bridgehead atoms. The Morgan fingerprint density at radius 1 is 1.08 bits per heavy atom. The molecule has 0 amide bonds. The zero-order chi connectivity index (χ0) is 8.39. The van der Waals surface area contributed by atoms with Gasteiger partial charge in [-0.2, -0.15) is 0 Å². The van der Waals surface area contributed by atoms with E-state index in [0.29, 0.717) is 12.6 Å². The summed E-state index contributed by atoms with van der Waals surface area (Å²) in [5.74, 6) is 0.918. The van der Waals surface area contributed by atoms with E-state index in [-0.39, 0.29) is 0 Å². The third kappa shape index (κ3) is 1.64. The molecule has 0 aromatic carbocycles. The molecule has 1 heterocycles. The summed E-state index contributed by atoms with van der Waals surface area (Å²) in [6.07, 6.45) is 8.07. The van der Waals surface area contributed by atoms with Gasteiger partial charge >= 0.3 is 0 Å². The van der Waals surface area contributed by atoms with Crippen LogP contribution in [0.1, 0.15) is 38.5 Å². The van der Waals surface area contributed by atoms with E-state index >= 15 is 0 Å². The lowest BCUT2D eigenvalue weighted by molar-refractivity contribution is 0.134. The molecule has 3 unspecified atom stereocenters. The van der Waals surface area contributed by atoms with Crippen LogP contribution in [0.15, 0.2) is 0 Å². The van der Waals surface area contributed by atoms with Crippen LogP contribution < -0.4 is 5.32 Å². The molecule has 2 fully saturated rings. The number of aliphatic hydroxyl groups excluding tert-OH is 1. The Hall–Kier alpha value is -0.0800. The number of fused-ring (bicyclic) bond motifs is 1. The second kappa shape index (κ2) is 3.75. The van der Waals surface area contributed by atoms with E-state index in [0.717, 1.165) is 12.0 Å². The van der Waals surface area contributed by atoms with Gasteiger partial charge in [-0.3, -0.25) is 0 Å². The van der Waals surface area contributed by atoms with Crippen LogP contribution in [0.5, 0.6) is 0 Å². The van der Waals surface area contributed by atoms with Gasteiger partial charge in [0.15, 0.2) is 0 Å². The summed E-state index contributed by atoms with van der Waals surface area (Å²) < 4.78 is 0. The van der Waals surface area contributed by atoms with Crippen LogP contribution in [0, 0.1) is 5.92 Å². The predicted octanol–water partition coefficient (Wildman–Crippen LogP) is 1.29. The van der Waals surface area contributed by atoms with Gasteiger partial charge in [0.25, 0.3) is 0 Å². The minimum absolute atomic E-state index is 0.323. The molecule has 0 aromatic rings. The number of piperidine rings is 1. The maximum absolute atomic E-state index is 9.02.